The number of aryl methyl sites for hydroxylation is 2. The Morgan fingerprint density at radius 1 is 1.06 bits per heavy atom. The molecule has 10 nitrogen and oxygen atoms in total. The van der Waals surface area contributed by atoms with Crippen LogP contribution in [0.3, 0.4) is 0 Å². The van der Waals surface area contributed by atoms with Gasteiger partial charge in [0.15, 0.2) is 6.10 Å². The number of benzene rings is 2. The molecule has 0 bridgehead atoms. The van der Waals surface area contributed by atoms with Crippen LogP contribution in [0, 0.1) is 20.8 Å². The monoisotopic (exact) mass is 497 g/mol. The summed E-state index contributed by atoms with van der Waals surface area (Å²) in [6.45, 7) is 6.77. The topological polar surface area (TPSA) is 141 Å². The lowest BCUT2D eigenvalue weighted by atomic mass is 10.1. The number of hydrogen-bond acceptors (Lipinski definition) is 8. The van der Waals surface area contributed by atoms with Crippen LogP contribution in [-0.4, -0.2) is 25.6 Å². The van der Waals surface area contributed by atoms with Gasteiger partial charge in [-0.1, -0.05) is 5.16 Å². The van der Waals surface area contributed by atoms with Crippen molar-refractivity contribution in [3.8, 4) is 5.75 Å². The van der Waals surface area contributed by atoms with Crippen molar-refractivity contribution in [1.29, 1.82) is 0 Å². The first-order chi connectivity index (χ1) is 16.5. The first kappa shape index (κ1) is 24.0. The molecule has 4 rings (SSSR count). The lowest BCUT2D eigenvalue weighted by Gasteiger charge is -2.15. The summed E-state index contributed by atoms with van der Waals surface area (Å²) >= 11 is 0. The fourth-order valence-corrected chi connectivity index (χ4v) is 4.34. The molecule has 2 heterocycles. The third-order valence-electron chi connectivity index (χ3n) is 5.42. The Labute approximate surface area is 200 Å². The van der Waals surface area contributed by atoms with E-state index in [9.17, 15) is 18.0 Å². The number of anilines is 2. The van der Waals surface area contributed by atoms with Gasteiger partial charge in [0.1, 0.15) is 11.3 Å². The van der Waals surface area contributed by atoms with E-state index in [0.717, 1.165) is 10.9 Å². The van der Waals surface area contributed by atoms with E-state index in [-0.39, 0.29) is 10.8 Å². The predicted octanol–water partition coefficient (Wildman–Crippen LogP) is 3.91. The minimum Gasteiger partial charge on any atom is -0.481 e. The fourth-order valence-electron chi connectivity index (χ4n) is 3.29. The van der Waals surface area contributed by atoms with E-state index in [1.165, 1.54) is 30.3 Å². The molecule has 35 heavy (non-hydrogen) atoms. The van der Waals surface area contributed by atoms with Crippen LogP contribution in [0.1, 0.15) is 23.7 Å². The van der Waals surface area contributed by atoms with Gasteiger partial charge in [0.05, 0.1) is 10.6 Å². The third kappa shape index (κ3) is 5.19. The maximum Gasteiger partial charge on any atom is 0.336 e. The number of rotatable bonds is 7. The van der Waals surface area contributed by atoms with Gasteiger partial charge in [0.25, 0.3) is 15.9 Å². The molecule has 1 amide bonds. The Morgan fingerprint density at radius 3 is 2.43 bits per heavy atom. The molecule has 2 aromatic carbocycles. The molecule has 0 radical (unpaired) electrons. The Bertz CT molecular complexity index is 1570. The van der Waals surface area contributed by atoms with Crippen molar-refractivity contribution in [3.05, 3.63) is 75.8 Å². The first-order valence-corrected chi connectivity index (χ1v) is 12.1. The molecular formula is C24H23N3O7S. The number of nitrogens with one attached hydrogen (secondary N) is 2. The smallest absolute Gasteiger partial charge is 0.336 e. The van der Waals surface area contributed by atoms with Gasteiger partial charge >= 0.3 is 5.63 Å². The minimum absolute atomic E-state index is 0.0128. The van der Waals surface area contributed by atoms with Crippen molar-refractivity contribution in [2.45, 2.75) is 38.7 Å². The molecule has 182 valence electrons. The Hall–Kier alpha value is -4.12. The van der Waals surface area contributed by atoms with Gasteiger partial charge in [0.2, 0.25) is 5.88 Å². The molecule has 2 N–H and O–H groups in total. The lowest BCUT2D eigenvalue weighted by Crippen LogP contribution is -2.30. The summed E-state index contributed by atoms with van der Waals surface area (Å²) in [6.07, 6.45) is -0.883. The average molecular weight is 498 g/mol. The van der Waals surface area contributed by atoms with Gasteiger partial charge in [-0.15, -0.1) is 0 Å². The Kier molecular flexibility index (Phi) is 6.35. The molecule has 1 atom stereocenters. The standard InChI is InChI=1S/C24H23N3O7S/c1-13-11-22(28)33-21-12-18(7-10-20(13)21)32-16(4)23(29)25-17-5-8-19(9-6-17)35(30,31)27-24-14(2)15(3)26-34-24/h5-12,16,27H,1-4H3,(H,25,29)/t16-/m1/s1. The van der Waals surface area contributed by atoms with Gasteiger partial charge < -0.3 is 19.0 Å². The van der Waals surface area contributed by atoms with Crippen molar-refractivity contribution < 1.29 is 26.9 Å². The summed E-state index contributed by atoms with van der Waals surface area (Å²) in [4.78, 5) is 24.2. The molecule has 4 aromatic rings. The Balaban J connectivity index is 1.42. The number of fused-ring (bicyclic) bond motifs is 1. The summed E-state index contributed by atoms with van der Waals surface area (Å²) in [5.74, 6) is -0.0365. The molecule has 0 spiro atoms. The largest absolute Gasteiger partial charge is 0.481 e. The zero-order chi connectivity index (χ0) is 25.3. The minimum atomic E-state index is -3.90. The van der Waals surface area contributed by atoms with Crippen LogP contribution in [0.2, 0.25) is 0 Å². The second kappa shape index (κ2) is 9.26. The van der Waals surface area contributed by atoms with Crippen LogP contribution in [-0.2, 0) is 14.8 Å². The number of aromatic nitrogens is 1. The molecule has 11 heteroatoms. The van der Waals surface area contributed by atoms with Crippen LogP contribution >= 0.6 is 0 Å². The van der Waals surface area contributed by atoms with E-state index in [0.29, 0.717) is 28.3 Å². The predicted molar refractivity (Wildman–Crippen MR) is 129 cm³/mol. The van der Waals surface area contributed by atoms with Crippen LogP contribution in [0.4, 0.5) is 11.6 Å². The molecule has 0 fully saturated rings. The number of amides is 1. The van der Waals surface area contributed by atoms with Gasteiger partial charge in [0, 0.05) is 28.8 Å². The molecule has 2 aromatic heterocycles. The number of nitrogens with zero attached hydrogens (tertiary/aromatic N) is 1. The summed E-state index contributed by atoms with van der Waals surface area (Å²) in [6, 6.07) is 12.0. The van der Waals surface area contributed by atoms with Crippen LogP contribution in [0.25, 0.3) is 11.0 Å². The second-order valence-corrected chi connectivity index (χ2v) is 9.69. The first-order valence-electron chi connectivity index (χ1n) is 10.6. The van der Waals surface area contributed by atoms with E-state index >= 15 is 0 Å². The van der Waals surface area contributed by atoms with Crippen molar-refractivity contribution in [2.24, 2.45) is 0 Å². The van der Waals surface area contributed by atoms with Gasteiger partial charge in [-0.3, -0.25) is 4.79 Å². The number of carbonyl (C=O) groups is 1. The van der Waals surface area contributed by atoms with E-state index in [1.807, 2.05) is 0 Å². The number of sulfonamides is 1. The number of hydrogen-bond donors (Lipinski definition) is 2. The number of ether oxygens (including phenoxy) is 1. The molecule has 0 aliphatic heterocycles. The second-order valence-electron chi connectivity index (χ2n) is 8.01. The zero-order valence-corrected chi connectivity index (χ0v) is 20.2. The van der Waals surface area contributed by atoms with Crippen molar-refractivity contribution in [3.63, 3.8) is 0 Å². The van der Waals surface area contributed by atoms with E-state index in [1.54, 1.807) is 45.9 Å². The van der Waals surface area contributed by atoms with Crippen LogP contribution in [0.5, 0.6) is 5.75 Å². The highest BCUT2D eigenvalue weighted by Crippen LogP contribution is 2.24. The third-order valence-corrected chi connectivity index (χ3v) is 6.77. The Morgan fingerprint density at radius 2 is 1.77 bits per heavy atom. The molecule has 0 saturated carbocycles. The molecule has 0 aliphatic rings. The highest BCUT2D eigenvalue weighted by molar-refractivity contribution is 7.92. The quantitative estimate of drug-likeness (QED) is 0.366. The molecule has 0 unspecified atom stereocenters. The number of carbonyl (C=O) groups excluding carboxylic acids is 1. The highest BCUT2D eigenvalue weighted by Gasteiger charge is 2.20. The van der Waals surface area contributed by atoms with Gasteiger partial charge in [-0.05, 0) is 69.7 Å². The molecular weight excluding hydrogens is 474 g/mol. The summed E-state index contributed by atoms with van der Waals surface area (Å²) in [7, 11) is -3.90. The van der Waals surface area contributed by atoms with E-state index in [4.69, 9.17) is 13.7 Å². The lowest BCUT2D eigenvalue weighted by molar-refractivity contribution is -0.122. The summed E-state index contributed by atoms with van der Waals surface area (Å²) in [5, 5.41) is 7.18. The van der Waals surface area contributed by atoms with Gasteiger partial charge in [-0.2, -0.15) is 0 Å². The summed E-state index contributed by atoms with van der Waals surface area (Å²) in [5.41, 5.74) is 2.23. The van der Waals surface area contributed by atoms with Gasteiger partial charge in [-0.25, -0.2) is 17.9 Å². The van der Waals surface area contributed by atoms with Crippen LogP contribution < -0.4 is 20.4 Å². The maximum atomic E-state index is 12.6. The average Bonchev–Trinajstić information content (AvgIpc) is 3.10. The van der Waals surface area contributed by atoms with Crippen LogP contribution in [0.15, 0.2) is 67.2 Å². The zero-order valence-electron chi connectivity index (χ0n) is 19.4. The molecule has 0 saturated heterocycles. The van der Waals surface area contributed by atoms with E-state index < -0.39 is 27.7 Å². The van der Waals surface area contributed by atoms with Crippen molar-refractivity contribution in [1.82, 2.24) is 5.16 Å². The normalized spacial score (nSPS) is 12.3. The SMILES string of the molecule is Cc1noc(NS(=O)(=O)c2ccc(NC(=O)[C@@H](C)Oc3ccc4c(C)cc(=O)oc4c3)cc2)c1C. The molecule has 0 aliphatic carbocycles. The van der Waals surface area contributed by atoms with E-state index in [2.05, 4.69) is 15.2 Å². The summed E-state index contributed by atoms with van der Waals surface area (Å²) < 4.78 is 43.5. The maximum absolute atomic E-state index is 12.6. The van der Waals surface area contributed by atoms with Crippen molar-refractivity contribution in [2.75, 3.05) is 10.0 Å². The highest BCUT2D eigenvalue weighted by atomic mass is 32.2. The van der Waals surface area contributed by atoms with Crippen molar-refractivity contribution >= 4 is 38.5 Å². The fraction of sp³-hybridized carbons (Fsp3) is 0.208.